The molecular formula is C24H29N3O4S. The number of hydrogen-bond donors (Lipinski definition) is 1. The Labute approximate surface area is 193 Å². The molecule has 2 aromatic carbocycles. The number of carbonyl (C=O) groups is 2. The first-order valence-corrected chi connectivity index (χ1v) is 11.5. The molecule has 2 aromatic rings. The number of para-hydroxylation sites is 2. The number of amidine groups is 1. The van der Waals surface area contributed by atoms with Gasteiger partial charge in [0.15, 0.2) is 5.17 Å². The molecule has 8 heteroatoms. The van der Waals surface area contributed by atoms with E-state index in [9.17, 15) is 9.59 Å². The van der Waals surface area contributed by atoms with Crippen LogP contribution in [0.4, 0.5) is 11.4 Å². The zero-order valence-electron chi connectivity index (χ0n) is 18.8. The Morgan fingerprint density at radius 1 is 1.19 bits per heavy atom. The maximum atomic E-state index is 13.1. The third-order valence-electron chi connectivity index (χ3n) is 4.69. The lowest BCUT2D eigenvalue weighted by atomic mass is 10.2. The van der Waals surface area contributed by atoms with E-state index >= 15 is 0 Å². The minimum absolute atomic E-state index is 0.0540. The monoisotopic (exact) mass is 455 g/mol. The highest BCUT2D eigenvalue weighted by Gasteiger charge is 2.39. The molecule has 1 saturated heterocycles. The molecule has 1 N–H and O–H groups in total. The zero-order chi connectivity index (χ0) is 23.1. The highest BCUT2D eigenvalue weighted by Crippen LogP contribution is 2.33. The predicted octanol–water partition coefficient (Wildman–Crippen LogP) is 4.71. The number of rotatable bonds is 9. The van der Waals surface area contributed by atoms with Gasteiger partial charge in [0.2, 0.25) is 11.8 Å². The van der Waals surface area contributed by atoms with Crippen LogP contribution in [0.1, 0.15) is 27.2 Å². The van der Waals surface area contributed by atoms with Crippen LogP contribution in [0.5, 0.6) is 11.5 Å². The molecule has 0 aliphatic carbocycles. The van der Waals surface area contributed by atoms with E-state index in [1.807, 2.05) is 57.2 Å². The van der Waals surface area contributed by atoms with Gasteiger partial charge in [-0.3, -0.25) is 14.5 Å². The second-order valence-corrected chi connectivity index (χ2v) is 8.89. The minimum atomic E-state index is -0.523. The molecule has 1 aliphatic rings. The van der Waals surface area contributed by atoms with Crippen molar-refractivity contribution in [2.75, 3.05) is 25.6 Å². The van der Waals surface area contributed by atoms with E-state index in [1.165, 1.54) is 11.8 Å². The van der Waals surface area contributed by atoms with Gasteiger partial charge >= 0.3 is 0 Å². The molecule has 170 valence electrons. The molecule has 0 aromatic heterocycles. The summed E-state index contributed by atoms with van der Waals surface area (Å²) in [5.74, 6) is 1.28. The number of amides is 2. The quantitative estimate of drug-likeness (QED) is 0.592. The van der Waals surface area contributed by atoms with Crippen molar-refractivity contribution in [2.45, 2.75) is 32.4 Å². The summed E-state index contributed by atoms with van der Waals surface area (Å²) >= 11 is 1.33. The van der Waals surface area contributed by atoms with Gasteiger partial charge in [-0.15, -0.1) is 0 Å². The van der Waals surface area contributed by atoms with Crippen LogP contribution in [0.3, 0.4) is 0 Å². The van der Waals surface area contributed by atoms with Gasteiger partial charge in [-0.1, -0.05) is 37.7 Å². The summed E-state index contributed by atoms with van der Waals surface area (Å²) in [6.07, 6.45) is 0.0540. The molecule has 1 atom stereocenters. The van der Waals surface area contributed by atoms with Crippen LogP contribution in [0.2, 0.25) is 0 Å². The van der Waals surface area contributed by atoms with E-state index in [2.05, 4.69) is 5.32 Å². The molecule has 1 aliphatic heterocycles. The Morgan fingerprint density at radius 2 is 1.91 bits per heavy atom. The van der Waals surface area contributed by atoms with Gasteiger partial charge in [0, 0.05) is 13.0 Å². The molecule has 0 spiro atoms. The lowest BCUT2D eigenvalue weighted by Crippen LogP contribution is -2.36. The summed E-state index contributed by atoms with van der Waals surface area (Å²) in [4.78, 5) is 32.1. The average Bonchev–Trinajstić information content (AvgIpc) is 3.04. The summed E-state index contributed by atoms with van der Waals surface area (Å²) in [5, 5.41) is 2.94. The Bertz CT molecular complexity index is 975. The van der Waals surface area contributed by atoms with Crippen molar-refractivity contribution in [3.8, 4) is 11.5 Å². The fourth-order valence-electron chi connectivity index (χ4n) is 3.27. The second kappa shape index (κ2) is 11.0. The van der Waals surface area contributed by atoms with E-state index in [0.717, 1.165) is 11.4 Å². The largest absolute Gasteiger partial charge is 0.495 e. The Kier molecular flexibility index (Phi) is 8.16. The summed E-state index contributed by atoms with van der Waals surface area (Å²) in [6.45, 7) is 7.18. The summed E-state index contributed by atoms with van der Waals surface area (Å²) in [6, 6.07) is 14.6. The Hall–Kier alpha value is -3.00. The highest BCUT2D eigenvalue weighted by molar-refractivity contribution is 8.15. The van der Waals surface area contributed by atoms with Gasteiger partial charge < -0.3 is 14.8 Å². The van der Waals surface area contributed by atoms with Gasteiger partial charge in [0.25, 0.3) is 0 Å². The van der Waals surface area contributed by atoms with E-state index in [4.69, 9.17) is 14.5 Å². The number of carbonyl (C=O) groups excluding carboxylic acids is 2. The van der Waals surface area contributed by atoms with Crippen LogP contribution < -0.4 is 14.8 Å². The Balaban J connectivity index is 1.74. The summed E-state index contributed by atoms with van der Waals surface area (Å²) in [5.41, 5.74) is 1.31. The highest BCUT2D eigenvalue weighted by atomic mass is 32.2. The van der Waals surface area contributed by atoms with Crippen LogP contribution >= 0.6 is 11.8 Å². The van der Waals surface area contributed by atoms with Crippen LogP contribution in [0, 0.1) is 5.92 Å². The maximum absolute atomic E-state index is 13.1. The van der Waals surface area contributed by atoms with Crippen molar-refractivity contribution in [3.05, 3.63) is 48.5 Å². The number of aliphatic imine (C=N–C) groups is 1. The van der Waals surface area contributed by atoms with Crippen LogP contribution in [0.15, 0.2) is 53.5 Å². The topological polar surface area (TPSA) is 80.2 Å². The molecule has 7 nitrogen and oxygen atoms in total. The van der Waals surface area contributed by atoms with Crippen LogP contribution in [-0.4, -0.2) is 47.4 Å². The lowest BCUT2D eigenvalue weighted by Gasteiger charge is -2.18. The molecule has 1 unspecified atom stereocenters. The molecular weight excluding hydrogens is 426 g/mol. The maximum Gasteiger partial charge on any atom is 0.242 e. The van der Waals surface area contributed by atoms with Gasteiger partial charge in [0.1, 0.15) is 16.7 Å². The van der Waals surface area contributed by atoms with Crippen molar-refractivity contribution in [1.82, 2.24) is 4.90 Å². The van der Waals surface area contributed by atoms with Crippen molar-refractivity contribution in [2.24, 2.45) is 10.9 Å². The normalized spacial score (nSPS) is 17.2. The fourth-order valence-corrected chi connectivity index (χ4v) is 4.44. The van der Waals surface area contributed by atoms with Crippen molar-refractivity contribution < 1.29 is 19.1 Å². The first-order chi connectivity index (χ1) is 15.4. The molecule has 0 saturated carbocycles. The van der Waals surface area contributed by atoms with Gasteiger partial charge in [-0.25, -0.2) is 4.99 Å². The van der Waals surface area contributed by atoms with Crippen molar-refractivity contribution in [1.29, 1.82) is 0 Å². The first kappa shape index (κ1) is 23.7. The standard InChI is InChI=1S/C24H29N3O4S/c1-5-31-18-12-10-17(11-13-18)25-24-27(15-16(2)3)23(29)21(32-24)14-22(28)26-19-8-6-7-9-20(19)30-4/h6-13,16,21H,5,14-15H2,1-4H3,(H,26,28). The summed E-state index contributed by atoms with van der Waals surface area (Å²) in [7, 11) is 1.55. The van der Waals surface area contributed by atoms with E-state index < -0.39 is 5.25 Å². The number of anilines is 1. The number of ether oxygens (including phenoxy) is 2. The van der Waals surface area contributed by atoms with Gasteiger partial charge in [-0.2, -0.15) is 0 Å². The number of hydrogen-bond acceptors (Lipinski definition) is 6. The summed E-state index contributed by atoms with van der Waals surface area (Å²) < 4.78 is 10.8. The van der Waals surface area contributed by atoms with E-state index in [-0.39, 0.29) is 24.2 Å². The van der Waals surface area contributed by atoms with Crippen molar-refractivity contribution >= 4 is 40.1 Å². The SMILES string of the molecule is CCOc1ccc(N=C2SC(CC(=O)Nc3ccccc3OC)C(=O)N2CC(C)C)cc1. The number of methoxy groups -OCH3 is 1. The average molecular weight is 456 g/mol. The van der Waals surface area contributed by atoms with Gasteiger partial charge in [-0.05, 0) is 49.2 Å². The van der Waals surface area contributed by atoms with E-state index in [0.29, 0.717) is 29.8 Å². The molecule has 1 heterocycles. The van der Waals surface area contributed by atoms with Gasteiger partial charge in [0.05, 0.1) is 25.1 Å². The molecule has 0 bridgehead atoms. The number of nitrogens with zero attached hydrogens (tertiary/aromatic N) is 2. The lowest BCUT2D eigenvalue weighted by molar-refractivity contribution is -0.128. The number of benzene rings is 2. The van der Waals surface area contributed by atoms with Crippen LogP contribution in [-0.2, 0) is 9.59 Å². The number of nitrogens with one attached hydrogen (secondary N) is 1. The van der Waals surface area contributed by atoms with Crippen molar-refractivity contribution in [3.63, 3.8) is 0 Å². The predicted molar refractivity (Wildman–Crippen MR) is 129 cm³/mol. The smallest absolute Gasteiger partial charge is 0.242 e. The number of thioether (sulfide) groups is 1. The molecule has 1 fully saturated rings. The molecule has 3 rings (SSSR count). The fraction of sp³-hybridized carbons (Fsp3) is 0.375. The Morgan fingerprint density at radius 3 is 2.56 bits per heavy atom. The molecule has 2 amide bonds. The molecule has 0 radical (unpaired) electrons. The third-order valence-corrected chi connectivity index (χ3v) is 5.87. The first-order valence-electron chi connectivity index (χ1n) is 10.6. The minimum Gasteiger partial charge on any atom is -0.495 e. The second-order valence-electron chi connectivity index (χ2n) is 7.72. The zero-order valence-corrected chi connectivity index (χ0v) is 19.6. The van der Waals surface area contributed by atoms with Crippen LogP contribution in [0.25, 0.3) is 0 Å². The van der Waals surface area contributed by atoms with E-state index in [1.54, 1.807) is 24.1 Å². The third kappa shape index (κ3) is 6.03. The molecule has 32 heavy (non-hydrogen) atoms.